The largest absolute Gasteiger partial charge is 0.508 e. The number of aromatic hydroxyl groups is 1. The van der Waals surface area contributed by atoms with Crippen molar-refractivity contribution in [3.8, 4) is 5.75 Å². The van der Waals surface area contributed by atoms with E-state index in [0.717, 1.165) is 6.42 Å². The third-order valence-corrected chi connectivity index (χ3v) is 3.87. The summed E-state index contributed by atoms with van der Waals surface area (Å²) in [6.07, 6.45) is 1.13. The maximum atomic E-state index is 9.25. The fraction of sp³-hybridized carbons (Fsp3) is 0.700. The number of aliphatic hydroxyl groups excluding tert-OH is 3. The van der Waals surface area contributed by atoms with Crippen LogP contribution in [0.3, 0.4) is 0 Å². The van der Waals surface area contributed by atoms with E-state index in [1.165, 1.54) is 5.56 Å². The van der Waals surface area contributed by atoms with Crippen molar-refractivity contribution in [2.45, 2.75) is 46.5 Å². The third-order valence-electron chi connectivity index (χ3n) is 3.87. The molecule has 0 spiro atoms. The van der Waals surface area contributed by atoms with E-state index in [1.807, 2.05) is 12.1 Å². The van der Waals surface area contributed by atoms with Gasteiger partial charge in [-0.1, -0.05) is 46.8 Å². The Morgan fingerprint density at radius 3 is 1.46 bits per heavy atom. The molecule has 0 saturated heterocycles. The van der Waals surface area contributed by atoms with Crippen molar-refractivity contribution < 1.29 is 36.9 Å². The van der Waals surface area contributed by atoms with Gasteiger partial charge in [0.05, 0.1) is 19.8 Å². The van der Waals surface area contributed by atoms with Crippen LogP contribution in [0.1, 0.15) is 46.6 Å². The summed E-state index contributed by atoms with van der Waals surface area (Å²) < 4.78 is 0. The molecule has 0 fully saturated rings. The van der Waals surface area contributed by atoms with Crippen LogP contribution < -0.4 is 0 Å². The predicted molar refractivity (Wildman–Crippen MR) is 103 cm³/mol. The Bertz CT molecular complexity index is 444. The smallest absolute Gasteiger partial charge is 0.115 e. The number of nitrogens with zero attached hydrogens (tertiary/aromatic N) is 1. The first-order valence-corrected chi connectivity index (χ1v) is 8.90. The van der Waals surface area contributed by atoms with E-state index in [1.54, 1.807) is 17.0 Å². The second-order valence-corrected chi connectivity index (χ2v) is 8.18. The van der Waals surface area contributed by atoms with E-state index < -0.39 is 0 Å². The van der Waals surface area contributed by atoms with Gasteiger partial charge in [-0.3, -0.25) is 4.90 Å². The van der Waals surface area contributed by atoms with Crippen LogP contribution in [0.2, 0.25) is 0 Å². The molecule has 4 N–H and O–H groups in total. The number of rotatable bonds is 8. The Morgan fingerprint density at radius 1 is 0.769 bits per heavy atom. The summed E-state index contributed by atoms with van der Waals surface area (Å²) in [6.45, 7) is 13.0. The van der Waals surface area contributed by atoms with Crippen LogP contribution >= 0.6 is 0 Å². The SMILES string of the molecule is CC(C)(C)CC(C)(C)c1ccc(O)cc1.OCCN(CCO)CCO.[Ni]. The summed E-state index contributed by atoms with van der Waals surface area (Å²) >= 11 is 0. The molecule has 0 atom stereocenters. The molecule has 0 aliphatic carbocycles. The maximum Gasteiger partial charge on any atom is 0.115 e. The summed E-state index contributed by atoms with van der Waals surface area (Å²) in [5.41, 5.74) is 1.77. The summed E-state index contributed by atoms with van der Waals surface area (Å²) in [4.78, 5) is 1.79. The van der Waals surface area contributed by atoms with Crippen LogP contribution in [0, 0.1) is 5.41 Å². The molecule has 0 radical (unpaired) electrons. The molecule has 26 heavy (non-hydrogen) atoms. The Balaban J connectivity index is 0. The third kappa shape index (κ3) is 12.7. The van der Waals surface area contributed by atoms with Gasteiger partial charge in [0.2, 0.25) is 0 Å². The van der Waals surface area contributed by atoms with Crippen LogP contribution in [0.15, 0.2) is 24.3 Å². The van der Waals surface area contributed by atoms with E-state index in [-0.39, 0.29) is 41.7 Å². The van der Waals surface area contributed by atoms with Gasteiger partial charge in [-0.05, 0) is 34.9 Å². The summed E-state index contributed by atoms with van der Waals surface area (Å²) in [5.74, 6) is 0.338. The molecule has 6 heteroatoms. The minimum absolute atomic E-state index is 0. The minimum Gasteiger partial charge on any atom is -0.508 e. The number of benzene rings is 1. The van der Waals surface area contributed by atoms with Gasteiger partial charge in [0.15, 0.2) is 0 Å². The number of aliphatic hydroxyl groups is 3. The molecule has 0 saturated carbocycles. The zero-order valence-corrected chi connectivity index (χ0v) is 17.8. The fourth-order valence-electron chi connectivity index (χ4n) is 3.10. The van der Waals surface area contributed by atoms with Gasteiger partial charge >= 0.3 is 0 Å². The van der Waals surface area contributed by atoms with E-state index in [2.05, 4.69) is 34.6 Å². The Labute approximate surface area is 169 Å². The van der Waals surface area contributed by atoms with Crippen LogP contribution in [0.5, 0.6) is 5.75 Å². The van der Waals surface area contributed by atoms with Crippen molar-refractivity contribution in [2.75, 3.05) is 39.5 Å². The monoisotopic (exact) mass is 413 g/mol. The minimum atomic E-state index is 0. The number of phenolic OH excluding ortho intramolecular Hbond substituents is 1. The molecule has 156 valence electrons. The molecule has 0 heterocycles. The average Bonchev–Trinajstić information content (AvgIpc) is 2.47. The van der Waals surface area contributed by atoms with Crippen LogP contribution in [0.25, 0.3) is 0 Å². The standard InChI is InChI=1S/C14H22O.C6H15NO3.Ni/c1-13(2,3)10-14(4,5)11-6-8-12(15)9-7-11;8-4-1-7(2-5-9)3-6-10;/h6-9,15H,10H2,1-5H3;8-10H,1-6H2;. The molecule has 0 bridgehead atoms. The van der Waals surface area contributed by atoms with Gasteiger partial charge in [0, 0.05) is 36.1 Å². The molecule has 0 amide bonds. The molecule has 0 aliphatic heterocycles. The Hall–Kier alpha value is -0.646. The van der Waals surface area contributed by atoms with Crippen LogP contribution in [-0.2, 0) is 21.9 Å². The summed E-state index contributed by atoms with van der Waals surface area (Å²) in [7, 11) is 0. The fourth-order valence-corrected chi connectivity index (χ4v) is 3.10. The molecule has 5 nitrogen and oxygen atoms in total. The Kier molecular flexibility index (Phi) is 14.3. The van der Waals surface area contributed by atoms with Gasteiger partial charge in [-0.15, -0.1) is 0 Å². The zero-order chi connectivity index (χ0) is 19.5. The maximum absolute atomic E-state index is 9.25. The molecular formula is C20H37NNiO4. The van der Waals surface area contributed by atoms with E-state index >= 15 is 0 Å². The van der Waals surface area contributed by atoms with Gasteiger partial charge < -0.3 is 20.4 Å². The number of hydrogen-bond acceptors (Lipinski definition) is 5. The number of hydrogen-bond donors (Lipinski definition) is 4. The topological polar surface area (TPSA) is 84.2 Å². The van der Waals surface area contributed by atoms with Gasteiger partial charge in [-0.2, -0.15) is 0 Å². The number of phenols is 1. The zero-order valence-electron chi connectivity index (χ0n) is 16.8. The van der Waals surface area contributed by atoms with Gasteiger partial charge in [0.25, 0.3) is 0 Å². The second-order valence-electron chi connectivity index (χ2n) is 8.18. The first-order valence-electron chi connectivity index (χ1n) is 8.90. The molecule has 1 aromatic rings. The van der Waals surface area contributed by atoms with Gasteiger partial charge in [-0.25, -0.2) is 0 Å². The summed E-state index contributed by atoms with van der Waals surface area (Å²) in [6, 6.07) is 7.56. The molecule has 0 aliphatic rings. The van der Waals surface area contributed by atoms with Crippen LogP contribution in [0.4, 0.5) is 0 Å². The molecular weight excluding hydrogens is 377 g/mol. The van der Waals surface area contributed by atoms with E-state index in [0.29, 0.717) is 30.8 Å². The Morgan fingerprint density at radius 2 is 1.15 bits per heavy atom. The molecule has 1 rings (SSSR count). The van der Waals surface area contributed by atoms with Gasteiger partial charge in [0.1, 0.15) is 5.75 Å². The van der Waals surface area contributed by atoms with Crippen molar-refractivity contribution >= 4 is 0 Å². The first kappa shape index (κ1) is 27.6. The molecule has 0 aromatic heterocycles. The van der Waals surface area contributed by atoms with Crippen molar-refractivity contribution in [1.82, 2.24) is 4.90 Å². The predicted octanol–water partition coefficient (Wildman–Crippen LogP) is 2.37. The average molecular weight is 414 g/mol. The van der Waals surface area contributed by atoms with Crippen LogP contribution in [-0.4, -0.2) is 64.8 Å². The van der Waals surface area contributed by atoms with E-state index in [4.69, 9.17) is 15.3 Å². The summed E-state index contributed by atoms with van der Waals surface area (Å²) in [5, 5.41) is 34.7. The second kappa shape index (κ2) is 13.5. The normalized spacial score (nSPS) is 11.6. The van der Waals surface area contributed by atoms with Crippen molar-refractivity contribution in [1.29, 1.82) is 0 Å². The quantitative estimate of drug-likeness (QED) is 0.491. The first-order chi connectivity index (χ1) is 11.6. The van der Waals surface area contributed by atoms with Crippen molar-refractivity contribution in [2.24, 2.45) is 5.41 Å². The van der Waals surface area contributed by atoms with Crippen molar-refractivity contribution in [3.63, 3.8) is 0 Å². The van der Waals surface area contributed by atoms with E-state index in [9.17, 15) is 5.11 Å². The molecule has 1 aromatic carbocycles. The molecule has 0 unspecified atom stereocenters. The van der Waals surface area contributed by atoms with Crippen molar-refractivity contribution in [3.05, 3.63) is 29.8 Å².